The minimum atomic E-state index is -4.67. The van der Waals surface area contributed by atoms with Crippen LogP contribution in [-0.4, -0.2) is 107 Å². The molecular formula is H10CaMgO8SSi. The van der Waals surface area contributed by atoms with Gasteiger partial charge in [0.05, 0.1) is 0 Å². The molecule has 12 heteroatoms. The van der Waals surface area contributed by atoms with Gasteiger partial charge in [0.2, 0.25) is 0 Å². The fourth-order valence-electron chi connectivity index (χ4n) is 0. The molecule has 0 aliphatic carbocycles. The maximum atomic E-state index is 8.74. The standard InChI is InChI=1S/Ca.Mg.H2O4S.H4O4Si.4H/c;;2*1-5(2,3)4;;;;/h;;(H2,1,2,3,4);1-4H;;;;. The van der Waals surface area contributed by atoms with Gasteiger partial charge in [-0.15, -0.1) is 0 Å². The molecule has 6 N–H and O–H groups in total. The van der Waals surface area contributed by atoms with Crippen molar-refractivity contribution in [3.05, 3.63) is 0 Å². The van der Waals surface area contributed by atoms with E-state index in [9.17, 15) is 0 Å². The van der Waals surface area contributed by atoms with Gasteiger partial charge in [-0.3, -0.25) is 9.11 Å². The topological polar surface area (TPSA) is 156 Å². The zero-order valence-corrected chi connectivity index (χ0v) is 6.22. The van der Waals surface area contributed by atoms with Gasteiger partial charge in [0.1, 0.15) is 0 Å². The van der Waals surface area contributed by atoms with Crippen molar-refractivity contribution in [3.63, 3.8) is 0 Å². The Morgan fingerprint density at radius 3 is 0.917 bits per heavy atom. The molecule has 0 aliphatic rings. The predicted octanol–water partition coefficient (Wildman–Crippen LogP) is -5.09. The van der Waals surface area contributed by atoms with Crippen molar-refractivity contribution < 1.29 is 36.7 Å². The molecule has 0 saturated carbocycles. The van der Waals surface area contributed by atoms with Crippen molar-refractivity contribution in [2.24, 2.45) is 0 Å². The van der Waals surface area contributed by atoms with E-state index in [1.165, 1.54) is 0 Å². The average Bonchev–Trinajstić information content (AvgIpc) is 1.12. The molecule has 0 aliphatic heterocycles. The van der Waals surface area contributed by atoms with Crippen molar-refractivity contribution in [1.29, 1.82) is 0 Å². The van der Waals surface area contributed by atoms with Crippen molar-refractivity contribution in [2.75, 3.05) is 0 Å². The van der Waals surface area contributed by atoms with Crippen LogP contribution in [0.15, 0.2) is 0 Å². The van der Waals surface area contributed by atoms with E-state index in [0.717, 1.165) is 0 Å². The maximum Gasteiger partial charge on any atom is 0.316 e. The van der Waals surface area contributed by atoms with Crippen LogP contribution >= 0.6 is 0 Å². The molecular weight excluding hydrogens is 253 g/mol. The molecule has 0 unspecified atom stereocenters. The summed E-state index contributed by atoms with van der Waals surface area (Å²) in [4.78, 5) is 29.3. The van der Waals surface area contributed by atoms with Crippen molar-refractivity contribution in [1.82, 2.24) is 0 Å². The van der Waals surface area contributed by atoms with Crippen LogP contribution in [0.5, 0.6) is 0 Å². The third kappa shape index (κ3) is 376. The molecule has 12 heavy (non-hydrogen) atoms. The number of rotatable bonds is 0. The Morgan fingerprint density at radius 1 is 0.917 bits per heavy atom. The number of hydrogen-bond donors (Lipinski definition) is 6. The summed E-state index contributed by atoms with van der Waals surface area (Å²) in [6.45, 7) is 0. The monoisotopic (exact) mass is 262 g/mol. The fourth-order valence-corrected chi connectivity index (χ4v) is 0. The molecule has 0 fully saturated rings. The van der Waals surface area contributed by atoms with E-state index in [1.54, 1.807) is 0 Å². The first kappa shape index (κ1) is 23.6. The third-order valence-corrected chi connectivity index (χ3v) is 0. The van der Waals surface area contributed by atoms with Crippen LogP contribution in [0.4, 0.5) is 0 Å². The second-order valence-electron chi connectivity index (χ2n) is 1.05. The molecule has 8 nitrogen and oxygen atoms in total. The molecule has 0 aromatic carbocycles. The first-order valence-electron chi connectivity index (χ1n) is 1.59. The van der Waals surface area contributed by atoms with E-state index in [0.29, 0.717) is 0 Å². The minimum absolute atomic E-state index is 0. The Labute approximate surface area is 115 Å². The van der Waals surface area contributed by atoms with Crippen molar-refractivity contribution in [2.45, 2.75) is 0 Å². The molecule has 72 valence electrons. The number of hydrogen-bond acceptors (Lipinski definition) is 6. The van der Waals surface area contributed by atoms with Crippen LogP contribution in [0.1, 0.15) is 0 Å². The molecule has 0 bridgehead atoms. The van der Waals surface area contributed by atoms with Gasteiger partial charge in [-0.1, -0.05) is 0 Å². The Kier molecular flexibility index (Phi) is 18.7. The summed E-state index contributed by atoms with van der Waals surface area (Å²) in [7, 11) is -9.28. The summed E-state index contributed by atoms with van der Waals surface area (Å²) in [6, 6.07) is 0. The van der Waals surface area contributed by atoms with Crippen LogP contribution in [0.25, 0.3) is 0 Å². The minimum Gasteiger partial charge on any atom is 0.316 e. The summed E-state index contributed by atoms with van der Waals surface area (Å²) in [5, 5.41) is 0. The van der Waals surface area contributed by atoms with Gasteiger partial charge in [-0.2, -0.15) is 8.42 Å². The Balaban J connectivity index is -0.0000000457. The molecule has 0 aromatic heterocycles. The largest absolute Gasteiger partial charge is 0.316 e. The van der Waals surface area contributed by atoms with Gasteiger partial charge in [0.15, 0.2) is 0 Å². The molecule has 0 radical (unpaired) electrons. The molecule has 0 rings (SSSR count). The van der Waals surface area contributed by atoms with Gasteiger partial charge in [-0.05, 0) is 0 Å². The van der Waals surface area contributed by atoms with E-state index in [4.69, 9.17) is 36.7 Å². The Hall–Kier alpha value is 1.95. The normalized spacial score (nSPS) is 9.83. The van der Waals surface area contributed by atoms with E-state index < -0.39 is 19.4 Å². The maximum absolute atomic E-state index is 8.74. The van der Waals surface area contributed by atoms with E-state index in [-0.39, 0.29) is 60.8 Å². The van der Waals surface area contributed by atoms with Crippen molar-refractivity contribution in [3.8, 4) is 0 Å². The average molecular weight is 263 g/mol. The molecule has 0 amide bonds. The molecule has 0 heterocycles. The SMILES string of the molecule is O=S(=O)(O)O.O[Si](O)(O)O.[CaH2].[MgH2]. The first-order valence-corrected chi connectivity index (χ1v) is 4.78. The van der Waals surface area contributed by atoms with Crippen LogP contribution in [0, 0.1) is 0 Å². The first-order chi connectivity index (χ1) is 4.00. The van der Waals surface area contributed by atoms with E-state index >= 15 is 0 Å². The van der Waals surface area contributed by atoms with Crippen LogP contribution in [-0.2, 0) is 10.4 Å². The zero-order valence-electron chi connectivity index (χ0n) is 4.41. The molecule has 0 spiro atoms. The predicted molar refractivity (Wildman–Crippen MR) is 45.9 cm³/mol. The van der Waals surface area contributed by atoms with Gasteiger partial charge in [-0.25, -0.2) is 0 Å². The quantitative estimate of drug-likeness (QED) is 0.187. The third-order valence-electron chi connectivity index (χ3n) is 0. The van der Waals surface area contributed by atoms with Crippen LogP contribution < -0.4 is 0 Å². The van der Waals surface area contributed by atoms with E-state index in [1.807, 2.05) is 0 Å². The van der Waals surface area contributed by atoms with Gasteiger partial charge >= 0.3 is 80.2 Å². The fraction of sp³-hybridized carbons (Fsp3) is 0. The summed E-state index contributed by atoms with van der Waals surface area (Å²) in [6.07, 6.45) is 0. The Morgan fingerprint density at radius 2 is 0.917 bits per heavy atom. The second-order valence-corrected chi connectivity index (χ2v) is 3.14. The Bertz CT molecular complexity index is 154. The summed E-state index contributed by atoms with van der Waals surface area (Å²) in [5.74, 6) is 0. The summed E-state index contributed by atoms with van der Waals surface area (Å²) < 4.78 is 31.6. The molecule has 0 atom stereocenters. The zero-order chi connectivity index (χ0) is 9.00. The van der Waals surface area contributed by atoms with Gasteiger partial charge in [0, 0.05) is 0 Å². The summed E-state index contributed by atoms with van der Waals surface area (Å²) in [5.41, 5.74) is 0. The van der Waals surface area contributed by atoms with Crippen molar-refractivity contribution >= 4 is 80.2 Å². The summed E-state index contributed by atoms with van der Waals surface area (Å²) >= 11 is 0. The van der Waals surface area contributed by atoms with Crippen LogP contribution in [0.2, 0.25) is 0 Å². The second kappa shape index (κ2) is 9.51. The molecule has 0 aromatic rings. The smallest absolute Gasteiger partial charge is 0.316 e. The van der Waals surface area contributed by atoms with E-state index in [2.05, 4.69) is 0 Å². The van der Waals surface area contributed by atoms with Crippen LogP contribution in [0.3, 0.4) is 0 Å². The molecule has 0 saturated heterocycles. The van der Waals surface area contributed by atoms with Gasteiger partial charge in [0.25, 0.3) is 0 Å². The van der Waals surface area contributed by atoms with Gasteiger partial charge < -0.3 is 19.2 Å².